The Balaban J connectivity index is 2.97. The van der Waals surface area contributed by atoms with Gasteiger partial charge in [0.05, 0.1) is 5.56 Å². The lowest BCUT2D eigenvalue weighted by Gasteiger charge is -1.95. The van der Waals surface area contributed by atoms with E-state index in [0.29, 0.717) is 5.56 Å². The van der Waals surface area contributed by atoms with Gasteiger partial charge in [0.1, 0.15) is 6.07 Å². The summed E-state index contributed by atoms with van der Waals surface area (Å²) in [5.41, 5.74) is 2.64. The summed E-state index contributed by atoms with van der Waals surface area (Å²) in [6.45, 7) is 5.56. The van der Waals surface area contributed by atoms with Gasteiger partial charge in [-0.05, 0) is 18.6 Å². The lowest BCUT2D eigenvalue weighted by molar-refractivity contribution is 1.35. The van der Waals surface area contributed by atoms with E-state index in [2.05, 4.69) is 17.6 Å². The van der Waals surface area contributed by atoms with Gasteiger partial charge in [0.2, 0.25) is 0 Å². The molecule has 1 N–H and O–H groups in total. The Bertz CT molecular complexity index is 414. The van der Waals surface area contributed by atoms with Crippen molar-refractivity contribution >= 4 is 5.57 Å². The number of aromatic amines is 1. The summed E-state index contributed by atoms with van der Waals surface area (Å²) in [6, 6.07) is 3.90. The fourth-order valence-corrected chi connectivity index (χ4v) is 1.14. The number of hydrogen-bond donors (Lipinski definition) is 1. The van der Waals surface area contributed by atoms with Crippen molar-refractivity contribution in [3.63, 3.8) is 0 Å². The van der Waals surface area contributed by atoms with Crippen molar-refractivity contribution in [3.8, 4) is 6.07 Å². The van der Waals surface area contributed by atoms with E-state index in [0.717, 1.165) is 11.3 Å². The zero-order chi connectivity index (χ0) is 10.4. The highest BCUT2D eigenvalue weighted by Crippen LogP contribution is 2.15. The summed E-state index contributed by atoms with van der Waals surface area (Å²) in [5.74, 6) is 0. The van der Waals surface area contributed by atoms with Crippen LogP contribution >= 0.6 is 0 Å². The number of nitrogens with one attached hydrogen (secondary N) is 1. The van der Waals surface area contributed by atoms with Crippen LogP contribution in [0.1, 0.15) is 18.2 Å². The summed E-state index contributed by atoms with van der Waals surface area (Å²) in [5, 5.41) is 8.66. The fraction of sp³-hybridized carbons (Fsp3) is 0.0833. The molecule has 70 valence electrons. The average Bonchev–Trinajstić information content (AvgIpc) is 2.68. The SMILES string of the molecule is C=C/C=C\C(=C/C)c1cc(C#N)c[nH]1. The molecule has 0 aromatic carbocycles. The van der Waals surface area contributed by atoms with E-state index in [9.17, 15) is 0 Å². The number of aromatic nitrogens is 1. The Morgan fingerprint density at radius 2 is 2.43 bits per heavy atom. The van der Waals surface area contributed by atoms with Crippen LogP contribution in [0.2, 0.25) is 0 Å². The van der Waals surface area contributed by atoms with Crippen molar-refractivity contribution in [1.82, 2.24) is 4.98 Å². The summed E-state index contributed by atoms with van der Waals surface area (Å²) in [7, 11) is 0. The highest BCUT2D eigenvalue weighted by molar-refractivity contribution is 5.72. The molecular formula is C12H12N2. The van der Waals surface area contributed by atoms with Gasteiger partial charge in [0.15, 0.2) is 0 Å². The lowest BCUT2D eigenvalue weighted by Crippen LogP contribution is -1.78. The Morgan fingerprint density at radius 1 is 1.64 bits per heavy atom. The summed E-state index contributed by atoms with van der Waals surface area (Å²) in [6.07, 6.45) is 9.20. The second-order valence-corrected chi connectivity index (χ2v) is 2.75. The standard InChI is InChI=1S/C12H12N2/c1-3-5-6-11(4-2)12-7-10(8-13)9-14-12/h3-7,9,14H,1H2,2H3/b6-5-,11-4+. The van der Waals surface area contributed by atoms with Crippen molar-refractivity contribution in [2.24, 2.45) is 0 Å². The van der Waals surface area contributed by atoms with Crippen LogP contribution in [0, 0.1) is 11.3 Å². The van der Waals surface area contributed by atoms with Crippen LogP contribution in [-0.4, -0.2) is 4.98 Å². The highest BCUT2D eigenvalue weighted by atomic mass is 14.7. The van der Waals surface area contributed by atoms with Gasteiger partial charge in [-0.15, -0.1) is 0 Å². The molecule has 2 nitrogen and oxygen atoms in total. The molecule has 1 aromatic heterocycles. The number of rotatable bonds is 3. The van der Waals surface area contributed by atoms with Crippen molar-refractivity contribution < 1.29 is 0 Å². The van der Waals surface area contributed by atoms with Crippen LogP contribution in [0.5, 0.6) is 0 Å². The fourth-order valence-electron chi connectivity index (χ4n) is 1.14. The van der Waals surface area contributed by atoms with Crippen molar-refractivity contribution in [3.05, 3.63) is 54.4 Å². The minimum Gasteiger partial charge on any atom is -0.360 e. The molecule has 0 aliphatic heterocycles. The Labute approximate surface area is 83.9 Å². The molecular weight excluding hydrogens is 172 g/mol. The van der Waals surface area contributed by atoms with Gasteiger partial charge < -0.3 is 4.98 Å². The number of nitriles is 1. The largest absolute Gasteiger partial charge is 0.360 e. The van der Waals surface area contributed by atoms with E-state index in [1.807, 2.05) is 31.2 Å². The molecule has 1 heterocycles. The summed E-state index contributed by atoms with van der Waals surface area (Å²) in [4.78, 5) is 3.04. The normalized spacial score (nSPS) is 11.6. The first-order valence-electron chi connectivity index (χ1n) is 4.36. The van der Waals surface area contributed by atoms with Gasteiger partial charge in [0, 0.05) is 11.9 Å². The lowest BCUT2D eigenvalue weighted by atomic mass is 10.1. The number of nitrogens with zero attached hydrogens (tertiary/aromatic N) is 1. The molecule has 0 aliphatic carbocycles. The van der Waals surface area contributed by atoms with E-state index in [4.69, 9.17) is 5.26 Å². The highest BCUT2D eigenvalue weighted by Gasteiger charge is 1.99. The van der Waals surface area contributed by atoms with Crippen molar-refractivity contribution in [1.29, 1.82) is 5.26 Å². The molecule has 0 spiro atoms. The van der Waals surface area contributed by atoms with Gasteiger partial charge in [0.25, 0.3) is 0 Å². The first kappa shape index (κ1) is 10.1. The second kappa shape index (κ2) is 4.88. The molecule has 2 heteroatoms. The predicted octanol–water partition coefficient (Wildman–Crippen LogP) is 3.03. The van der Waals surface area contributed by atoms with E-state index in [1.54, 1.807) is 12.3 Å². The summed E-state index contributed by atoms with van der Waals surface area (Å²) >= 11 is 0. The minimum atomic E-state index is 0.645. The van der Waals surface area contributed by atoms with Gasteiger partial charge in [-0.1, -0.05) is 30.9 Å². The molecule has 0 atom stereocenters. The van der Waals surface area contributed by atoms with E-state index < -0.39 is 0 Å². The third-order valence-corrected chi connectivity index (χ3v) is 1.85. The molecule has 0 saturated heterocycles. The first-order chi connectivity index (χ1) is 6.81. The van der Waals surface area contributed by atoms with Crippen LogP contribution in [0.3, 0.4) is 0 Å². The van der Waals surface area contributed by atoms with E-state index in [-0.39, 0.29) is 0 Å². The Morgan fingerprint density at radius 3 is 2.93 bits per heavy atom. The maximum absolute atomic E-state index is 8.66. The minimum absolute atomic E-state index is 0.645. The van der Waals surface area contributed by atoms with Crippen molar-refractivity contribution in [2.45, 2.75) is 6.92 Å². The molecule has 0 amide bonds. The number of H-pyrrole nitrogens is 1. The van der Waals surface area contributed by atoms with E-state index >= 15 is 0 Å². The topological polar surface area (TPSA) is 39.6 Å². The van der Waals surface area contributed by atoms with Crippen LogP contribution in [-0.2, 0) is 0 Å². The molecule has 0 aliphatic rings. The quantitative estimate of drug-likeness (QED) is 0.720. The van der Waals surface area contributed by atoms with Crippen molar-refractivity contribution in [2.75, 3.05) is 0 Å². The zero-order valence-electron chi connectivity index (χ0n) is 8.12. The molecule has 1 rings (SSSR count). The smallest absolute Gasteiger partial charge is 0.101 e. The molecule has 0 unspecified atom stereocenters. The number of hydrogen-bond acceptors (Lipinski definition) is 1. The zero-order valence-corrected chi connectivity index (χ0v) is 8.12. The molecule has 1 aromatic rings. The predicted molar refractivity (Wildman–Crippen MR) is 58.5 cm³/mol. The van der Waals surface area contributed by atoms with Gasteiger partial charge >= 0.3 is 0 Å². The van der Waals surface area contributed by atoms with Crippen LogP contribution in [0.25, 0.3) is 5.57 Å². The monoisotopic (exact) mass is 184 g/mol. The second-order valence-electron chi connectivity index (χ2n) is 2.75. The Kier molecular flexibility index (Phi) is 3.51. The van der Waals surface area contributed by atoms with E-state index in [1.165, 1.54) is 0 Å². The number of allylic oxidation sites excluding steroid dienone is 5. The molecule has 0 radical (unpaired) electrons. The molecule has 0 fully saturated rings. The van der Waals surface area contributed by atoms with Crippen LogP contribution in [0.4, 0.5) is 0 Å². The van der Waals surface area contributed by atoms with Gasteiger partial charge in [-0.25, -0.2) is 0 Å². The third kappa shape index (κ3) is 2.24. The van der Waals surface area contributed by atoms with Gasteiger partial charge in [-0.2, -0.15) is 5.26 Å². The average molecular weight is 184 g/mol. The summed E-state index contributed by atoms with van der Waals surface area (Å²) < 4.78 is 0. The van der Waals surface area contributed by atoms with Crippen LogP contribution in [0.15, 0.2) is 43.1 Å². The van der Waals surface area contributed by atoms with Crippen LogP contribution < -0.4 is 0 Å². The maximum atomic E-state index is 8.66. The first-order valence-corrected chi connectivity index (χ1v) is 4.36. The third-order valence-electron chi connectivity index (χ3n) is 1.85. The molecule has 0 saturated carbocycles. The molecule has 0 bridgehead atoms. The van der Waals surface area contributed by atoms with Gasteiger partial charge in [-0.3, -0.25) is 0 Å². The maximum Gasteiger partial charge on any atom is 0.101 e. The Hall–Kier alpha value is -2.01. The molecule has 14 heavy (non-hydrogen) atoms.